The van der Waals surface area contributed by atoms with Crippen molar-refractivity contribution in [3.05, 3.63) is 0 Å². The van der Waals surface area contributed by atoms with E-state index >= 15 is 0 Å². The zero-order chi connectivity index (χ0) is 55.8. The Balaban J connectivity index is 8.79. The fraction of sp³-hybridized carbons (Fsp3) is 0.786. The third kappa shape index (κ3) is 23.6. The second-order valence-electron chi connectivity index (χ2n) is 19.9. The van der Waals surface area contributed by atoms with Gasteiger partial charge in [0.25, 0.3) is 0 Å². The Hall–Kier alpha value is -3.96. The zero-order valence-corrected chi connectivity index (χ0v) is 49.5. The molecule has 73 heavy (non-hydrogen) atoms. The molecule has 0 rings (SSSR count). The molecule has 0 spiro atoms. The minimum atomic E-state index is -7.81. The van der Waals surface area contributed by atoms with E-state index in [2.05, 4.69) is 0 Å². The van der Waals surface area contributed by atoms with Gasteiger partial charge in [-0.25, -0.2) is 0 Å². The Morgan fingerprint density at radius 2 is 0.411 bits per heavy atom. The first-order valence-electron chi connectivity index (χ1n) is 27.6. The van der Waals surface area contributed by atoms with Crippen molar-refractivity contribution in [1.29, 1.82) is 0 Å². The van der Waals surface area contributed by atoms with Crippen LogP contribution in [0.15, 0.2) is 0 Å². The number of rotatable bonds is 44. The molecule has 0 saturated heterocycles. The van der Waals surface area contributed by atoms with E-state index in [1.54, 1.807) is 0 Å². The SMILES string of the molecule is CCCCC(CCCC)C(=O)C(C(C)=O)C(=O)[O][Sn]([O]C(=O)C(C(C)=O)C(=O)C(CCCC)CCCC)([O]C(=O)C(C(C)=O)C(=O)C(CCCC)CCCC)[O]C(=O)C(C(C)=O)C(=O)C(CCCC)CCCC. The maximum atomic E-state index is 14.8. The van der Waals surface area contributed by atoms with Crippen LogP contribution in [0.3, 0.4) is 0 Å². The fourth-order valence-electron chi connectivity index (χ4n) is 9.05. The Labute approximate surface area is 442 Å². The Morgan fingerprint density at radius 3 is 0.521 bits per heavy atom. The first-order valence-corrected chi connectivity index (χ1v) is 32.3. The monoisotopic (exact) mass is 1140 g/mol. The summed E-state index contributed by atoms with van der Waals surface area (Å²) in [5, 5.41) is 0. The van der Waals surface area contributed by atoms with E-state index in [1.165, 1.54) is 0 Å². The van der Waals surface area contributed by atoms with Crippen molar-refractivity contribution < 1.29 is 69.8 Å². The summed E-state index contributed by atoms with van der Waals surface area (Å²) in [6.45, 7) is 18.8. The molecular formula is C56H92O16Sn. The number of carbonyl (C=O) groups excluding carboxylic acids is 12. The molecule has 0 heterocycles. The first kappa shape index (κ1) is 69.0. The molecule has 0 aromatic carbocycles. The molecule has 0 fully saturated rings. The predicted molar refractivity (Wildman–Crippen MR) is 277 cm³/mol. The van der Waals surface area contributed by atoms with Gasteiger partial charge in [-0.15, -0.1) is 0 Å². The molecule has 416 valence electrons. The molecule has 0 aromatic heterocycles. The third-order valence-electron chi connectivity index (χ3n) is 13.5. The van der Waals surface area contributed by atoms with Crippen molar-refractivity contribution >= 4 is 90.2 Å². The number of carbonyl (C=O) groups is 12. The van der Waals surface area contributed by atoms with Crippen molar-refractivity contribution in [3.8, 4) is 0 Å². The Bertz CT molecular complexity index is 1540. The molecule has 0 radical (unpaired) electrons. The predicted octanol–water partition coefficient (Wildman–Crippen LogP) is 10.7. The Kier molecular flexibility index (Phi) is 35.7. The van der Waals surface area contributed by atoms with Gasteiger partial charge in [0.05, 0.1) is 0 Å². The number of ketones is 8. The van der Waals surface area contributed by atoms with Gasteiger partial charge in [0.1, 0.15) is 0 Å². The van der Waals surface area contributed by atoms with Crippen LogP contribution in [0, 0.1) is 47.3 Å². The van der Waals surface area contributed by atoms with Crippen LogP contribution in [0.4, 0.5) is 0 Å². The Morgan fingerprint density at radius 1 is 0.274 bits per heavy atom. The van der Waals surface area contributed by atoms with E-state index in [-0.39, 0.29) is 51.4 Å². The average molecular weight is 1140 g/mol. The van der Waals surface area contributed by atoms with E-state index in [4.69, 9.17) is 12.3 Å². The van der Waals surface area contributed by atoms with Crippen LogP contribution in [0.25, 0.3) is 0 Å². The van der Waals surface area contributed by atoms with E-state index < -0.39 is 138 Å². The molecule has 0 aliphatic rings. The fourth-order valence-corrected chi connectivity index (χ4v) is 13.9. The van der Waals surface area contributed by atoms with Crippen molar-refractivity contribution in [1.82, 2.24) is 0 Å². The van der Waals surface area contributed by atoms with E-state index in [9.17, 15) is 57.5 Å². The van der Waals surface area contributed by atoms with Gasteiger partial charge in [0.15, 0.2) is 0 Å². The molecule has 0 aromatic rings. The summed E-state index contributed by atoms with van der Waals surface area (Å²) in [6, 6.07) is 0. The van der Waals surface area contributed by atoms with Gasteiger partial charge in [-0.1, -0.05) is 0 Å². The molecule has 0 bridgehead atoms. The molecule has 0 amide bonds. The summed E-state index contributed by atoms with van der Waals surface area (Å²) >= 11 is -7.81. The van der Waals surface area contributed by atoms with Gasteiger partial charge >= 0.3 is 445 Å². The van der Waals surface area contributed by atoms with Crippen LogP contribution in [-0.4, -0.2) is 90.2 Å². The number of unbranched alkanes of at least 4 members (excludes halogenated alkanes) is 8. The standard InChI is InChI=1S/4C14H24O4.Sn/c4*1-4-6-8-11(9-7-5-2)13(16)12(10(3)15)14(17)18;/h4*11-12H,4-9H2,1-3H3,(H,17,18);/q;;;;+4/p-4. The molecule has 0 aliphatic heterocycles. The van der Waals surface area contributed by atoms with Crippen molar-refractivity contribution in [2.45, 2.75) is 237 Å². The van der Waals surface area contributed by atoms with Crippen LogP contribution < -0.4 is 0 Å². The maximum absolute atomic E-state index is 14.8. The summed E-state index contributed by atoms with van der Waals surface area (Å²) in [5.74, 6) is -27.6. The summed E-state index contributed by atoms with van der Waals surface area (Å²) < 4.78 is 23.1. The molecule has 4 atom stereocenters. The number of hydrogen-bond acceptors (Lipinski definition) is 16. The summed E-state index contributed by atoms with van der Waals surface area (Å²) in [4.78, 5) is 171. The summed E-state index contributed by atoms with van der Waals surface area (Å²) in [5.41, 5.74) is 0. The molecule has 0 N–H and O–H groups in total. The zero-order valence-electron chi connectivity index (χ0n) is 46.6. The van der Waals surface area contributed by atoms with Crippen molar-refractivity contribution in [2.24, 2.45) is 47.3 Å². The first-order chi connectivity index (χ1) is 34.5. The number of Topliss-reactive ketones (excluding diaryl/α,β-unsaturated/α-hetero) is 8. The second-order valence-corrected chi connectivity index (χ2v) is 25.1. The van der Waals surface area contributed by atoms with Gasteiger partial charge in [-0.05, 0) is 0 Å². The quantitative estimate of drug-likeness (QED) is 0.0407. The average Bonchev–Trinajstić information content (AvgIpc) is 3.30. The van der Waals surface area contributed by atoms with Crippen LogP contribution in [0.1, 0.15) is 237 Å². The van der Waals surface area contributed by atoms with Gasteiger partial charge in [0.2, 0.25) is 0 Å². The van der Waals surface area contributed by atoms with Gasteiger partial charge in [0, 0.05) is 0 Å². The van der Waals surface area contributed by atoms with Crippen LogP contribution >= 0.6 is 0 Å². The third-order valence-corrected chi connectivity index (χ3v) is 18.6. The van der Waals surface area contributed by atoms with E-state index in [1.807, 2.05) is 55.4 Å². The van der Waals surface area contributed by atoms with Crippen LogP contribution in [0.2, 0.25) is 0 Å². The molecule has 0 saturated carbocycles. The van der Waals surface area contributed by atoms with Crippen LogP contribution in [-0.2, 0) is 69.8 Å². The molecule has 17 heteroatoms. The normalized spacial score (nSPS) is 13.9. The van der Waals surface area contributed by atoms with Gasteiger partial charge in [-0.3, -0.25) is 0 Å². The number of hydrogen-bond donors (Lipinski definition) is 0. The van der Waals surface area contributed by atoms with Gasteiger partial charge in [-0.2, -0.15) is 0 Å². The minimum absolute atomic E-state index is 0.263. The van der Waals surface area contributed by atoms with E-state index in [0.717, 1.165) is 27.7 Å². The molecule has 4 unspecified atom stereocenters. The summed E-state index contributed by atoms with van der Waals surface area (Å²) in [7, 11) is 0. The van der Waals surface area contributed by atoms with Gasteiger partial charge < -0.3 is 0 Å². The molecular weight excluding hydrogens is 1050 g/mol. The summed E-state index contributed by atoms with van der Waals surface area (Å²) in [6.07, 6.45) is 11.6. The molecule has 16 nitrogen and oxygen atoms in total. The molecule has 0 aliphatic carbocycles. The van der Waals surface area contributed by atoms with Crippen molar-refractivity contribution in [2.75, 3.05) is 0 Å². The van der Waals surface area contributed by atoms with Crippen molar-refractivity contribution in [3.63, 3.8) is 0 Å². The van der Waals surface area contributed by atoms with E-state index in [0.29, 0.717) is 103 Å². The second kappa shape index (κ2) is 37.7. The van der Waals surface area contributed by atoms with Crippen LogP contribution in [0.5, 0.6) is 0 Å². The topological polar surface area (TPSA) is 242 Å².